The highest BCUT2D eigenvalue weighted by Crippen LogP contribution is 2.69. The summed E-state index contributed by atoms with van der Waals surface area (Å²) in [6.07, 6.45) is -28.9. The maximum absolute atomic E-state index is 14.0. The zero-order valence-electron chi connectivity index (χ0n) is 62.8. The van der Waals surface area contributed by atoms with Gasteiger partial charge in [0.25, 0.3) is 0 Å². The first-order chi connectivity index (χ1) is 49.6. The molecule has 0 bridgehead atoms. The number of hydrogen-bond acceptors (Lipinski definition) is 34. The number of carbonyl (C=O) groups is 14. The molecule has 6 fully saturated rings. The van der Waals surface area contributed by atoms with Crippen LogP contribution in [-0.4, -0.2) is 226 Å². The predicted octanol–water partition coefficient (Wildman–Crippen LogP) is 4.16. The monoisotopic (exact) mass is 1510 g/mol. The van der Waals surface area contributed by atoms with Gasteiger partial charge in [-0.05, 0) is 70.6 Å². The van der Waals surface area contributed by atoms with Gasteiger partial charge in [-0.3, -0.25) is 62.3 Å². The first-order valence-corrected chi connectivity index (χ1v) is 35.2. The minimum Gasteiger partial charge on any atom is -0.463 e. The molecule has 26 atom stereocenters. The summed E-state index contributed by atoms with van der Waals surface area (Å²) in [5, 5.41) is 0. The van der Waals surface area contributed by atoms with E-state index in [1.165, 1.54) is 20.8 Å². The van der Waals surface area contributed by atoms with Crippen molar-refractivity contribution < 1.29 is 162 Å². The topological polar surface area (TPSA) is 424 Å². The van der Waals surface area contributed by atoms with Gasteiger partial charge in [0.15, 0.2) is 61.6 Å². The smallest absolute Gasteiger partial charge is 0.334 e. The van der Waals surface area contributed by atoms with Crippen molar-refractivity contribution in [2.45, 2.75) is 292 Å². The zero-order valence-corrected chi connectivity index (χ0v) is 62.8. The molecule has 0 amide bonds. The Kier molecular flexibility index (Phi) is 27.1. The summed E-state index contributed by atoms with van der Waals surface area (Å²) in [5.74, 6) is -13.8. The number of cyclic esters (lactones) is 1. The van der Waals surface area contributed by atoms with Gasteiger partial charge in [0.1, 0.15) is 74.3 Å². The van der Waals surface area contributed by atoms with E-state index in [4.69, 9.17) is 94.7 Å². The Morgan fingerprint density at radius 3 is 1.26 bits per heavy atom. The van der Waals surface area contributed by atoms with Gasteiger partial charge in [0.05, 0.1) is 6.10 Å². The number of fused-ring (bicyclic) bond motifs is 5. The lowest BCUT2D eigenvalue weighted by molar-refractivity contribution is -0.390. The van der Waals surface area contributed by atoms with E-state index in [2.05, 4.69) is 0 Å². The first kappa shape index (κ1) is 83.5. The molecule has 8 rings (SSSR count). The SMILES string of the molecule is CC(=O)OC[C@H]1O[C@@H](O[C@@H]2[C@@H](OC(C)=O)[C@H](O[C@@H]3CC4=CC[C@@H]5[C@H](C[C@@H](OC(C)=O)[C@]6(C)[C@@H]([C@@](C)(OC(C)=O)[C@H]7CC(C)=C(C)C(=O)O7)CC[C@@H]56)[C@@]4(C)[C@@H](OC(C)=O)C3)O[C@H](COC(C)=O)[C@H]2O[C@@H]2O[C@H](COC(C)=O)[C@@H](OC(C)=O)[C@H](OC(C)=O)[C@H]2OC(C)=O)[C@H](OC(C)=O)[C@@H](OC(C)=O)[C@@H]1OC(C)=O. The highest BCUT2D eigenvalue weighted by atomic mass is 16.8. The molecule has 8 aliphatic rings. The van der Waals surface area contributed by atoms with Crippen LogP contribution in [0.25, 0.3) is 0 Å². The van der Waals surface area contributed by atoms with Crippen LogP contribution in [-0.2, 0) is 162 Å². The lowest BCUT2D eigenvalue weighted by atomic mass is 9.45. The molecule has 4 aliphatic carbocycles. The van der Waals surface area contributed by atoms with Crippen LogP contribution in [0.3, 0.4) is 0 Å². The summed E-state index contributed by atoms with van der Waals surface area (Å²) in [6, 6.07) is 0. The average Bonchev–Trinajstić information content (AvgIpc) is 1.47. The van der Waals surface area contributed by atoms with Crippen molar-refractivity contribution in [3.63, 3.8) is 0 Å². The minimum absolute atomic E-state index is 0.0290. The molecule has 4 heterocycles. The fourth-order valence-electron chi connectivity index (χ4n) is 17.3. The summed E-state index contributed by atoms with van der Waals surface area (Å²) < 4.78 is 123. The molecule has 0 aromatic rings. The van der Waals surface area contributed by atoms with Crippen molar-refractivity contribution in [2.75, 3.05) is 19.8 Å². The standard InChI is InChI=1S/C72H98O34/c1-30-23-56(103-66(86)31(30)2)72(18,106-44(15)85)53-22-21-48-47-20-19-45-24-46(25-54(90-35(6)76)70(45,16)49(47)26-55(71(48,53)17)91-36(7)77)99-67-65(98-43(14)84)62(105-69-64(97-42(13)83)61(95-40(11)81)58(93-38(9)79)51(102-69)28-88-33(4)74)59(52(100-67)29-89-34(5)75)104-68-63(96-41(12)82)60(94-39(10)80)57(92-37(8)78)50(101-68)27-87-32(3)73/h19,46-65,67-69H,20-29H2,1-18H3/t46-,47+,48+,49+,50-,51-,52-,53+,54+,55-,56-,57-,58-,59-,60+,61+,62+,63-,64-,65-,67-,68+,69+,70+,71+,72-/m1/s1. The van der Waals surface area contributed by atoms with Gasteiger partial charge < -0.3 is 94.7 Å². The van der Waals surface area contributed by atoms with Gasteiger partial charge in [-0.1, -0.05) is 31.1 Å². The van der Waals surface area contributed by atoms with Crippen molar-refractivity contribution in [3.8, 4) is 0 Å². The highest BCUT2D eigenvalue weighted by Gasteiger charge is 2.71. The van der Waals surface area contributed by atoms with Gasteiger partial charge in [0, 0.05) is 125 Å². The lowest BCUT2D eigenvalue weighted by Gasteiger charge is -2.62. The molecule has 0 unspecified atom stereocenters. The van der Waals surface area contributed by atoms with E-state index in [1.807, 2.05) is 26.8 Å². The number of ether oxygens (including phenoxy) is 20. The van der Waals surface area contributed by atoms with Crippen molar-refractivity contribution in [1.29, 1.82) is 0 Å². The number of rotatable bonds is 24. The van der Waals surface area contributed by atoms with E-state index in [0.29, 0.717) is 24.8 Å². The van der Waals surface area contributed by atoms with Crippen LogP contribution < -0.4 is 0 Å². The maximum Gasteiger partial charge on any atom is 0.334 e. The number of esters is 14. The Labute approximate surface area is 612 Å². The van der Waals surface area contributed by atoms with Gasteiger partial charge in [-0.25, -0.2) is 4.79 Å². The molecule has 106 heavy (non-hydrogen) atoms. The highest BCUT2D eigenvalue weighted by molar-refractivity contribution is 5.89. The third kappa shape index (κ3) is 18.8. The van der Waals surface area contributed by atoms with Crippen LogP contribution in [0.2, 0.25) is 0 Å². The molecular weight excluding hydrogens is 1410 g/mol. The van der Waals surface area contributed by atoms with Crippen LogP contribution in [0.4, 0.5) is 0 Å². The van der Waals surface area contributed by atoms with E-state index in [9.17, 15) is 67.1 Å². The molecule has 34 nitrogen and oxygen atoms in total. The van der Waals surface area contributed by atoms with Gasteiger partial charge in [-0.2, -0.15) is 0 Å². The van der Waals surface area contributed by atoms with Crippen LogP contribution in [0.5, 0.6) is 0 Å². The average molecular weight is 1510 g/mol. The van der Waals surface area contributed by atoms with E-state index in [-0.39, 0.29) is 37.5 Å². The fraction of sp³-hybridized carbons (Fsp3) is 0.750. The summed E-state index contributed by atoms with van der Waals surface area (Å²) >= 11 is 0. The minimum atomic E-state index is -2.17. The second-order valence-corrected chi connectivity index (χ2v) is 28.8. The molecule has 0 N–H and O–H groups in total. The zero-order chi connectivity index (χ0) is 78.5. The lowest BCUT2D eigenvalue weighted by Crippen LogP contribution is -2.69. The van der Waals surface area contributed by atoms with Crippen LogP contribution in [0.1, 0.15) is 170 Å². The second kappa shape index (κ2) is 34.4. The molecule has 0 aromatic carbocycles. The van der Waals surface area contributed by atoms with Crippen molar-refractivity contribution in [3.05, 3.63) is 22.8 Å². The molecule has 34 heteroatoms. The third-order valence-electron chi connectivity index (χ3n) is 21.4. The molecule has 0 aromatic heterocycles. The molecule has 0 radical (unpaired) electrons. The maximum atomic E-state index is 14.0. The second-order valence-electron chi connectivity index (χ2n) is 28.8. The summed E-state index contributed by atoms with van der Waals surface area (Å²) in [6.45, 7) is 20.6. The Balaban J connectivity index is 1.28. The molecular formula is C72H98O34. The van der Waals surface area contributed by atoms with Crippen LogP contribution in [0.15, 0.2) is 22.8 Å². The molecule has 0 spiro atoms. The summed E-state index contributed by atoms with van der Waals surface area (Å²) in [7, 11) is 0. The van der Waals surface area contributed by atoms with E-state index < -0.39 is 248 Å². The number of allylic oxidation sites excluding steroid dienone is 1. The Morgan fingerprint density at radius 2 is 0.840 bits per heavy atom. The normalized spacial score (nSPS) is 36.5. The molecule has 3 saturated heterocycles. The van der Waals surface area contributed by atoms with Gasteiger partial charge in [-0.15, -0.1) is 0 Å². The number of hydrogen-bond donors (Lipinski definition) is 0. The summed E-state index contributed by atoms with van der Waals surface area (Å²) in [5.41, 5.74) is -1.45. The number of carbonyl (C=O) groups excluding carboxylic acids is 14. The van der Waals surface area contributed by atoms with E-state index in [0.717, 1.165) is 80.4 Å². The van der Waals surface area contributed by atoms with E-state index in [1.54, 1.807) is 13.8 Å². The first-order valence-electron chi connectivity index (χ1n) is 35.2. The van der Waals surface area contributed by atoms with Crippen molar-refractivity contribution >= 4 is 83.6 Å². The van der Waals surface area contributed by atoms with E-state index >= 15 is 0 Å². The third-order valence-corrected chi connectivity index (χ3v) is 21.4. The largest absolute Gasteiger partial charge is 0.463 e. The Morgan fingerprint density at radius 1 is 0.443 bits per heavy atom. The van der Waals surface area contributed by atoms with Gasteiger partial charge in [0.2, 0.25) is 0 Å². The molecule has 4 aliphatic heterocycles. The fourth-order valence-corrected chi connectivity index (χ4v) is 17.3. The van der Waals surface area contributed by atoms with Crippen LogP contribution in [0, 0.1) is 34.5 Å². The predicted molar refractivity (Wildman–Crippen MR) is 349 cm³/mol. The van der Waals surface area contributed by atoms with Gasteiger partial charge >= 0.3 is 83.6 Å². The quantitative estimate of drug-likeness (QED) is 0.0743. The van der Waals surface area contributed by atoms with Crippen molar-refractivity contribution in [2.24, 2.45) is 34.5 Å². The van der Waals surface area contributed by atoms with Crippen molar-refractivity contribution in [1.82, 2.24) is 0 Å². The Hall–Kier alpha value is -8.18. The Bertz CT molecular complexity index is 3450. The molecule has 590 valence electrons. The van der Waals surface area contributed by atoms with Crippen LogP contribution >= 0.6 is 0 Å². The summed E-state index contributed by atoms with van der Waals surface area (Å²) in [4.78, 5) is 185. The molecule has 3 saturated carbocycles.